The maximum atomic E-state index is 11.8. The van der Waals surface area contributed by atoms with Crippen molar-refractivity contribution in [1.82, 2.24) is 5.32 Å². The van der Waals surface area contributed by atoms with Gasteiger partial charge in [-0.05, 0) is 49.4 Å². The predicted octanol–water partition coefficient (Wildman–Crippen LogP) is 2.40. The number of hydrogen-bond acceptors (Lipinski definition) is 3. The number of carbonyl (C=O) groups is 1. The number of methoxy groups -OCH3 is 1. The van der Waals surface area contributed by atoms with E-state index in [2.05, 4.69) is 12.2 Å². The van der Waals surface area contributed by atoms with Gasteiger partial charge in [-0.2, -0.15) is 0 Å². The van der Waals surface area contributed by atoms with Crippen LogP contribution in [0.3, 0.4) is 0 Å². The highest BCUT2D eigenvalue weighted by Gasteiger charge is 2.42. The van der Waals surface area contributed by atoms with Crippen LogP contribution in [0.5, 0.6) is 5.75 Å². The molecule has 0 radical (unpaired) electrons. The molecule has 0 bridgehead atoms. The first kappa shape index (κ1) is 14.9. The average molecular weight is 277 g/mol. The number of aliphatic carboxylic acids is 1. The van der Waals surface area contributed by atoms with Gasteiger partial charge in [0.05, 0.1) is 7.11 Å². The minimum absolute atomic E-state index is 0.193. The number of hydrogen-bond donors (Lipinski definition) is 2. The van der Waals surface area contributed by atoms with E-state index in [-0.39, 0.29) is 6.04 Å². The molecule has 2 N–H and O–H groups in total. The van der Waals surface area contributed by atoms with Crippen LogP contribution in [0, 0.1) is 0 Å². The van der Waals surface area contributed by atoms with Crippen LogP contribution < -0.4 is 10.1 Å². The van der Waals surface area contributed by atoms with Crippen LogP contribution in [0.1, 0.15) is 37.8 Å². The molecular formula is C16H23NO3. The normalized spacial score (nSPS) is 22.9. The van der Waals surface area contributed by atoms with Crippen molar-refractivity contribution in [2.45, 2.75) is 51.1 Å². The van der Waals surface area contributed by atoms with E-state index in [4.69, 9.17) is 4.74 Å². The standard InChI is InChI=1S/C16H23NO3/c1-4-11(2)17-16(15(18)19)8-7-12-5-6-14(20-3)9-13(12)10-16/h5-6,9,11,17H,4,7-8,10H2,1-3H3,(H,18,19). The molecular weight excluding hydrogens is 254 g/mol. The highest BCUT2D eigenvalue weighted by Crippen LogP contribution is 2.32. The Kier molecular flexibility index (Phi) is 4.33. The number of benzene rings is 1. The highest BCUT2D eigenvalue weighted by atomic mass is 16.5. The molecule has 0 heterocycles. The van der Waals surface area contributed by atoms with E-state index in [1.165, 1.54) is 5.56 Å². The number of nitrogens with one attached hydrogen (secondary N) is 1. The summed E-state index contributed by atoms with van der Waals surface area (Å²) in [6.45, 7) is 4.10. The monoisotopic (exact) mass is 277 g/mol. The SMILES string of the molecule is CCC(C)NC1(C(=O)O)CCc2ccc(OC)cc2C1. The summed E-state index contributed by atoms with van der Waals surface area (Å²) in [5.74, 6) is 0.0275. The van der Waals surface area contributed by atoms with Gasteiger partial charge in [0.25, 0.3) is 0 Å². The molecule has 4 heteroatoms. The zero-order valence-corrected chi connectivity index (χ0v) is 12.4. The summed E-state index contributed by atoms with van der Waals surface area (Å²) in [6.07, 6.45) is 2.85. The second-order valence-electron chi connectivity index (χ2n) is 5.65. The van der Waals surface area contributed by atoms with Crippen LogP contribution in [0.4, 0.5) is 0 Å². The smallest absolute Gasteiger partial charge is 0.324 e. The molecule has 1 aliphatic rings. The Balaban J connectivity index is 2.31. The van der Waals surface area contributed by atoms with Crippen LogP contribution >= 0.6 is 0 Å². The van der Waals surface area contributed by atoms with Crippen molar-refractivity contribution in [3.8, 4) is 5.75 Å². The average Bonchev–Trinajstić information content (AvgIpc) is 2.46. The van der Waals surface area contributed by atoms with Crippen molar-refractivity contribution in [2.75, 3.05) is 7.11 Å². The minimum Gasteiger partial charge on any atom is -0.497 e. The molecule has 4 nitrogen and oxygen atoms in total. The summed E-state index contributed by atoms with van der Waals surface area (Å²) in [6, 6.07) is 6.14. The Bertz CT molecular complexity index is 500. The molecule has 0 spiro atoms. The molecule has 0 saturated heterocycles. The van der Waals surface area contributed by atoms with Gasteiger partial charge in [0.2, 0.25) is 0 Å². The summed E-state index contributed by atoms with van der Waals surface area (Å²) in [4.78, 5) is 11.8. The molecule has 2 unspecified atom stereocenters. The molecule has 0 fully saturated rings. The minimum atomic E-state index is -0.852. The summed E-state index contributed by atoms with van der Waals surface area (Å²) < 4.78 is 5.24. The number of carboxylic acids is 1. The van der Waals surface area contributed by atoms with Crippen molar-refractivity contribution >= 4 is 5.97 Å². The van der Waals surface area contributed by atoms with Gasteiger partial charge in [-0.1, -0.05) is 13.0 Å². The van der Waals surface area contributed by atoms with Crippen LogP contribution in [-0.2, 0) is 17.6 Å². The number of carboxylic acid groups (broad SMARTS) is 1. The van der Waals surface area contributed by atoms with Crippen LogP contribution in [0.15, 0.2) is 18.2 Å². The van der Waals surface area contributed by atoms with Gasteiger partial charge in [0, 0.05) is 12.5 Å². The first-order chi connectivity index (χ1) is 9.50. The fourth-order valence-electron chi connectivity index (χ4n) is 2.84. The molecule has 0 amide bonds. The molecule has 0 saturated carbocycles. The molecule has 1 aliphatic carbocycles. The number of aryl methyl sites for hydroxylation is 1. The van der Waals surface area contributed by atoms with Crippen molar-refractivity contribution < 1.29 is 14.6 Å². The summed E-state index contributed by atoms with van der Waals surface area (Å²) in [5.41, 5.74) is 1.46. The highest BCUT2D eigenvalue weighted by molar-refractivity contribution is 5.80. The van der Waals surface area contributed by atoms with Gasteiger partial charge >= 0.3 is 5.97 Å². The van der Waals surface area contributed by atoms with Crippen LogP contribution in [-0.4, -0.2) is 29.8 Å². The van der Waals surface area contributed by atoms with E-state index < -0.39 is 11.5 Å². The summed E-state index contributed by atoms with van der Waals surface area (Å²) in [5, 5.41) is 13.0. The molecule has 0 aliphatic heterocycles. The maximum Gasteiger partial charge on any atom is 0.324 e. The Hall–Kier alpha value is -1.55. The van der Waals surface area contributed by atoms with Crippen molar-refractivity contribution in [3.63, 3.8) is 0 Å². The van der Waals surface area contributed by atoms with Gasteiger partial charge in [0.15, 0.2) is 0 Å². The van der Waals surface area contributed by atoms with Crippen molar-refractivity contribution in [1.29, 1.82) is 0 Å². The third-order valence-electron chi connectivity index (χ3n) is 4.27. The number of rotatable bonds is 5. The lowest BCUT2D eigenvalue weighted by atomic mass is 9.77. The van der Waals surface area contributed by atoms with Crippen molar-refractivity contribution in [3.05, 3.63) is 29.3 Å². The van der Waals surface area contributed by atoms with E-state index in [9.17, 15) is 9.90 Å². The third-order valence-corrected chi connectivity index (χ3v) is 4.27. The zero-order chi connectivity index (χ0) is 14.8. The lowest BCUT2D eigenvalue weighted by Crippen LogP contribution is -2.58. The van der Waals surface area contributed by atoms with Gasteiger partial charge < -0.3 is 9.84 Å². The molecule has 0 aromatic heterocycles. The fourth-order valence-corrected chi connectivity index (χ4v) is 2.84. The molecule has 20 heavy (non-hydrogen) atoms. The van der Waals surface area contributed by atoms with E-state index in [0.717, 1.165) is 24.2 Å². The van der Waals surface area contributed by atoms with Crippen LogP contribution in [0.25, 0.3) is 0 Å². The van der Waals surface area contributed by atoms with Crippen molar-refractivity contribution in [2.24, 2.45) is 0 Å². The Labute approximate surface area is 120 Å². The maximum absolute atomic E-state index is 11.8. The Morgan fingerprint density at radius 2 is 2.25 bits per heavy atom. The van der Waals surface area contributed by atoms with Gasteiger partial charge in [-0.3, -0.25) is 10.1 Å². The van der Waals surface area contributed by atoms with E-state index in [1.54, 1.807) is 7.11 Å². The predicted molar refractivity (Wildman–Crippen MR) is 78.3 cm³/mol. The molecule has 110 valence electrons. The number of ether oxygens (including phenoxy) is 1. The van der Waals surface area contributed by atoms with E-state index in [1.807, 2.05) is 25.1 Å². The molecule has 1 aromatic rings. The van der Waals surface area contributed by atoms with Crippen LogP contribution in [0.2, 0.25) is 0 Å². The quantitative estimate of drug-likeness (QED) is 0.867. The fraction of sp³-hybridized carbons (Fsp3) is 0.562. The van der Waals surface area contributed by atoms with Gasteiger partial charge in [0.1, 0.15) is 11.3 Å². The Morgan fingerprint density at radius 1 is 1.50 bits per heavy atom. The Morgan fingerprint density at radius 3 is 2.85 bits per heavy atom. The summed E-state index contributed by atoms with van der Waals surface area (Å²) in [7, 11) is 1.63. The zero-order valence-electron chi connectivity index (χ0n) is 12.4. The third kappa shape index (κ3) is 2.80. The first-order valence-corrected chi connectivity index (χ1v) is 7.17. The van der Waals surface area contributed by atoms with Gasteiger partial charge in [-0.25, -0.2) is 0 Å². The number of fused-ring (bicyclic) bond motifs is 1. The second kappa shape index (κ2) is 5.83. The first-order valence-electron chi connectivity index (χ1n) is 7.17. The largest absolute Gasteiger partial charge is 0.497 e. The molecule has 2 atom stereocenters. The second-order valence-corrected chi connectivity index (χ2v) is 5.65. The van der Waals surface area contributed by atoms with Gasteiger partial charge in [-0.15, -0.1) is 0 Å². The molecule has 2 rings (SSSR count). The van der Waals surface area contributed by atoms with E-state index in [0.29, 0.717) is 12.8 Å². The van der Waals surface area contributed by atoms with E-state index >= 15 is 0 Å². The lowest BCUT2D eigenvalue weighted by Gasteiger charge is -2.37. The lowest BCUT2D eigenvalue weighted by molar-refractivity contribution is -0.145. The molecule has 1 aromatic carbocycles. The topological polar surface area (TPSA) is 58.6 Å². The summed E-state index contributed by atoms with van der Waals surface area (Å²) >= 11 is 0.